The average molecular weight is 144 g/mol. The van der Waals surface area contributed by atoms with E-state index in [0.29, 0.717) is 0 Å². The van der Waals surface area contributed by atoms with Gasteiger partial charge in [-0.2, -0.15) is 0 Å². The van der Waals surface area contributed by atoms with Gasteiger partial charge in [0.25, 0.3) is 0 Å². The van der Waals surface area contributed by atoms with Crippen LogP contribution in [0.3, 0.4) is 0 Å². The fourth-order valence-electron chi connectivity index (χ4n) is 0.830. The van der Waals surface area contributed by atoms with Gasteiger partial charge in [-0.3, -0.25) is 5.21 Å². The fourth-order valence-corrected chi connectivity index (χ4v) is 0.830. The Bertz CT molecular complexity index is 99.4. The summed E-state index contributed by atoms with van der Waals surface area (Å²) in [5.41, 5.74) is 0. The van der Waals surface area contributed by atoms with Gasteiger partial charge in [0.05, 0.1) is 0 Å². The van der Waals surface area contributed by atoms with Gasteiger partial charge >= 0.3 is 0 Å². The van der Waals surface area contributed by atoms with Crippen molar-refractivity contribution < 1.29 is 9.95 Å². The topological polar surface area (TPSA) is 23.2 Å². The number of hydrogen-bond acceptors (Lipinski definition) is 1. The number of unbranched alkanes of at least 4 members (excludes halogenated alkanes) is 3. The molecule has 0 heterocycles. The quantitative estimate of drug-likeness (QED) is 0.206. The molecule has 0 bridgehead atoms. The molecule has 0 rings (SSSR count). The molecule has 0 aromatic rings. The van der Waals surface area contributed by atoms with Crippen molar-refractivity contribution in [1.29, 1.82) is 0 Å². The van der Waals surface area contributed by atoms with Gasteiger partial charge in [0.2, 0.25) is 0 Å². The Morgan fingerprint density at radius 1 is 1.30 bits per heavy atom. The van der Waals surface area contributed by atoms with Crippen LogP contribution in [0.4, 0.5) is 0 Å². The van der Waals surface area contributed by atoms with Crippen molar-refractivity contribution in [2.45, 2.75) is 39.5 Å². The summed E-state index contributed by atoms with van der Waals surface area (Å²) in [5, 5.41) is 8.94. The Labute approximate surface area is 63.1 Å². The number of hydrogen-bond donors (Lipinski definition) is 1. The molecule has 0 radical (unpaired) electrons. The molecule has 60 valence electrons. The normalized spacial score (nSPS) is 12.0. The molecule has 10 heavy (non-hydrogen) atoms. The minimum Gasteiger partial charge on any atom is -0.291 e. The molecule has 0 aliphatic heterocycles. The smallest absolute Gasteiger partial charge is 0.192 e. The summed E-state index contributed by atoms with van der Waals surface area (Å²) in [6.45, 7) is 4.79. The zero-order valence-electron chi connectivity index (χ0n) is 7.01. The van der Waals surface area contributed by atoms with Crippen molar-refractivity contribution in [3.05, 3.63) is 0 Å². The van der Waals surface area contributed by atoms with Crippen LogP contribution in [0.15, 0.2) is 0 Å². The molecule has 0 saturated carbocycles. The van der Waals surface area contributed by atoms with Gasteiger partial charge < -0.3 is 0 Å². The molecule has 0 aromatic heterocycles. The van der Waals surface area contributed by atoms with Crippen LogP contribution in [-0.2, 0) is 0 Å². The summed E-state index contributed by atoms with van der Waals surface area (Å²) in [5.74, 6) is 0. The standard InChI is InChI=1S/C8H18NO/c1-3-5-6-7-8-9(10)4-2/h4,10H,3,5-8H2,1-2H3/q+1. The Morgan fingerprint density at radius 2 is 2.00 bits per heavy atom. The predicted molar refractivity (Wildman–Crippen MR) is 42.8 cm³/mol. The monoisotopic (exact) mass is 144 g/mol. The molecule has 0 aliphatic rings. The van der Waals surface area contributed by atoms with E-state index in [1.807, 2.05) is 6.92 Å². The third-order valence-electron chi connectivity index (χ3n) is 1.54. The van der Waals surface area contributed by atoms with Crippen molar-refractivity contribution in [1.82, 2.24) is 0 Å². The fraction of sp³-hybridized carbons (Fsp3) is 0.875. The summed E-state index contributed by atoms with van der Waals surface area (Å²) < 4.78 is 1.25. The van der Waals surface area contributed by atoms with Gasteiger partial charge in [-0.25, -0.2) is 0 Å². The summed E-state index contributed by atoms with van der Waals surface area (Å²) in [6, 6.07) is 0. The van der Waals surface area contributed by atoms with E-state index in [4.69, 9.17) is 5.21 Å². The lowest BCUT2D eigenvalue weighted by Gasteiger charge is -1.92. The minimum atomic E-state index is 0.774. The number of rotatable bonds is 5. The highest BCUT2D eigenvalue weighted by Gasteiger charge is 1.95. The molecule has 0 atom stereocenters. The molecular weight excluding hydrogens is 126 g/mol. The lowest BCUT2D eigenvalue weighted by atomic mass is 10.2. The van der Waals surface area contributed by atoms with E-state index in [1.54, 1.807) is 6.21 Å². The van der Waals surface area contributed by atoms with Crippen LogP contribution in [0.25, 0.3) is 0 Å². The summed E-state index contributed by atoms with van der Waals surface area (Å²) in [6.07, 6.45) is 6.53. The van der Waals surface area contributed by atoms with E-state index < -0.39 is 0 Å². The highest BCUT2D eigenvalue weighted by Crippen LogP contribution is 1.97. The van der Waals surface area contributed by atoms with Crippen molar-refractivity contribution >= 4 is 6.21 Å². The zero-order valence-corrected chi connectivity index (χ0v) is 7.01. The first-order valence-corrected chi connectivity index (χ1v) is 4.06. The third-order valence-corrected chi connectivity index (χ3v) is 1.54. The van der Waals surface area contributed by atoms with E-state index in [9.17, 15) is 0 Å². The van der Waals surface area contributed by atoms with Crippen molar-refractivity contribution in [3.8, 4) is 0 Å². The van der Waals surface area contributed by atoms with Crippen LogP contribution in [0.5, 0.6) is 0 Å². The first-order chi connectivity index (χ1) is 4.81. The second kappa shape index (κ2) is 6.59. The molecular formula is C8H18NO+. The SMILES string of the molecule is CC=[N+](O)CCCCCC. The van der Waals surface area contributed by atoms with Crippen molar-refractivity contribution in [2.75, 3.05) is 6.54 Å². The van der Waals surface area contributed by atoms with Gasteiger partial charge in [-0.1, -0.05) is 19.8 Å². The first-order valence-electron chi connectivity index (χ1n) is 4.06. The van der Waals surface area contributed by atoms with E-state index in [0.717, 1.165) is 13.0 Å². The van der Waals surface area contributed by atoms with Crippen LogP contribution in [0.2, 0.25) is 0 Å². The molecule has 0 fully saturated rings. The number of nitrogens with zero attached hydrogens (tertiary/aromatic N) is 1. The van der Waals surface area contributed by atoms with Gasteiger partial charge in [0.15, 0.2) is 12.8 Å². The maximum absolute atomic E-state index is 8.94. The van der Waals surface area contributed by atoms with Crippen LogP contribution >= 0.6 is 0 Å². The van der Waals surface area contributed by atoms with Gasteiger partial charge in [-0.05, 0) is 11.2 Å². The largest absolute Gasteiger partial charge is 0.291 e. The van der Waals surface area contributed by atoms with Crippen molar-refractivity contribution in [3.63, 3.8) is 0 Å². The lowest BCUT2D eigenvalue weighted by Crippen LogP contribution is -2.07. The molecule has 0 spiro atoms. The number of hydroxylamine groups is 1. The predicted octanol–water partition coefficient (Wildman–Crippen LogP) is 2.06. The van der Waals surface area contributed by atoms with Crippen LogP contribution < -0.4 is 0 Å². The van der Waals surface area contributed by atoms with Crippen LogP contribution in [0.1, 0.15) is 39.5 Å². The molecule has 1 N–H and O–H groups in total. The highest BCUT2D eigenvalue weighted by molar-refractivity contribution is 5.46. The minimum absolute atomic E-state index is 0.774. The van der Waals surface area contributed by atoms with E-state index in [2.05, 4.69) is 6.92 Å². The van der Waals surface area contributed by atoms with Gasteiger partial charge in [-0.15, -0.1) is 0 Å². The second-order valence-corrected chi connectivity index (χ2v) is 2.48. The van der Waals surface area contributed by atoms with E-state index >= 15 is 0 Å². The molecule has 0 amide bonds. The van der Waals surface area contributed by atoms with E-state index in [-0.39, 0.29) is 0 Å². The molecule has 0 unspecified atom stereocenters. The van der Waals surface area contributed by atoms with Crippen molar-refractivity contribution in [2.24, 2.45) is 0 Å². The molecule has 2 nitrogen and oxygen atoms in total. The molecule has 0 aliphatic carbocycles. The summed E-state index contributed by atoms with van der Waals surface area (Å²) >= 11 is 0. The lowest BCUT2D eigenvalue weighted by molar-refractivity contribution is -0.771. The molecule has 0 saturated heterocycles. The highest BCUT2D eigenvalue weighted by atomic mass is 16.5. The second-order valence-electron chi connectivity index (χ2n) is 2.48. The maximum atomic E-state index is 8.94. The molecule has 0 aromatic carbocycles. The Balaban J connectivity index is 3.04. The maximum Gasteiger partial charge on any atom is 0.192 e. The van der Waals surface area contributed by atoms with Gasteiger partial charge in [0, 0.05) is 13.3 Å². The third kappa shape index (κ3) is 5.60. The summed E-state index contributed by atoms with van der Waals surface area (Å²) in [4.78, 5) is 0. The molecule has 2 heteroatoms. The Hall–Kier alpha value is -0.530. The zero-order chi connectivity index (χ0) is 7.82. The average Bonchev–Trinajstić information content (AvgIpc) is 1.98. The Morgan fingerprint density at radius 3 is 2.50 bits per heavy atom. The first kappa shape index (κ1) is 9.47. The Kier molecular flexibility index (Phi) is 6.24. The van der Waals surface area contributed by atoms with Gasteiger partial charge in [0.1, 0.15) is 0 Å². The van der Waals surface area contributed by atoms with Crippen LogP contribution in [0, 0.1) is 0 Å². The van der Waals surface area contributed by atoms with Crippen LogP contribution in [-0.4, -0.2) is 22.7 Å². The van der Waals surface area contributed by atoms with E-state index in [1.165, 1.54) is 24.0 Å². The summed E-state index contributed by atoms with van der Waals surface area (Å²) in [7, 11) is 0.